The van der Waals surface area contributed by atoms with E-state index in [9.17, 15) is 18.0 Å². The first-order valence-corrected chi connectivity index (χ1v) is 6.48. The normalized spacial score (nSPS) is 11.6. The van der Waals surface area contributed by atoms with Gasteiger partial charge in [0.15, 0.2) is 0 Å². The van der Waals surface area contributed by atoms with Gasteiger partial charge in [0.2, 0.25) is 5.91 Å². The number of carbonyl (C=O) groups excluding carboxylic acids is 1. The first kappa shape index (κ1) is 15.8. The molecule has 3 nitrogen and oxygen atoms in total. The van der Waals surface area contributed by atoms with Crippen LogP contribution in [0.15, 0.2) is 59.7 Å². The average Bonchev–Trinajstić information content (AvgIpc) is 2.48. The van der Waals surface area contributed by atoms with E-state index in [4.69, 9.17) is 0 Å². The van der Waals surface area contributed by atoms with Gasteiger partial charge in [-0.25, -0.2) is 5.43 Å². The van der Waals surface area contributed by atoms with Crippen molar-refractivity contribution in [2.45, 2.75) is 12.6 Å². The quantitative estimate of drug-likeness (QED) is 0.682. The van der Waals surface area contributed by atoms with E-state index in [1.807, 2.05) is 18.2 Å². The van der Waals surface area contributed by atoms with Crippen LogP contribution in [-0.2, 0) is 17.4 Å². The Morgan fingerprint density at radius 3 is 2.50 bits per heavy atom. The van der Waals surface area contributed by atoms with Crippen molar-refractivity contribution in [1.29, 1.82) is 0 Å². The van der Waals surface area contributed by atoms with Gasteiger partial charge in [-0.2, -0.15) is 18.3 Å². The van der Waals surface area contributed by atoms with Crippen molar-refractivity contribution in [3.63, 3.8) is 0 Å². The number of rotatable bonds is 4. The fourth-order valence-corrected chi connectivity index (χ4v) is 1.79. The molecule has 0 aliphatic heterocycles. The predicted molar refractivity (Wildman–Crippen MR) is 77.3 cm³/mol. The molecule has 0 fully saturated rings. The maximum absolute atomic E-state index is 12.5. The Hall–Kier alpha value is -2.63. The molecular weight excluding hydrogens is 293 g/mol. The molecular formula is C16H13F3N2O. The van der Waals surface area contributed by atoms with Gasteiger partial charge < -0.3 is 0 Å². The summed E-state index contributed by atoms with van der Waals surface area (Å²) in [6.07, 6.45) is -3.07. The van der Waals surface area contributed by atoms with Crippen LogP contribution >= 0.6 is 0 Å². The van der Waals surface area contributed by atoms with E-state index in [0.717, 1.165) is 17.7 Å². The molecule has 0 saturated carbocycles. The topological polar surface area (TPSA) is 41.5 Å². The van der Waals surface area contributed by atoms with E-state index in [0.29, 0.717) is 0 Å². The second kappa shape index (κ2) is 6.89. The van der Waals surface area contributed by atoms with Gasteiger partial charge in [-0.05, 0) is 23.3 Å². The highest BCUT2D eigenvalue weighted by Crippen LogP contribution is 2.29. The Labute approximate surface area is 125 Å². The van der Waals surface area contributed by atoms with Crippen molar-refractivity contribution in [3.05, 3.63) is 71.3 Å². The molecule has 0 aromatic heterocycles. The second-order valence-electron chi connectivity index (χ2n) is 4.58. The molecule has 1 N–H and O–H groups in total. The first-order valence-electron chi connectivity index (χ1n) is 6.48. The van der Waals surface area contributed by atoms with E-state index in [1.165, 1.54) is 18.3 Å². The fraction of sp³-hybridized carbons (Fsp3) is 0.125. The standard InChI is InChI=1S/C16H13F3N2O/c17-16(18,19)14-8-4-7-13(9-14)11-20-21-15(22)10-12-5-2-1-3-6-12/h1-9,11H,10H2,(H,21,22)/b20-11+. The largest absolute Gasteiger partial charge is 0.416 e. The molecule has 0 aliphatic rings. The van der Waals surface area contributed by atoms with Crippen molar-refractivity contribution >= 4 is 12.1 Å². The molecule has 0 bridgehead atoms. The van der Waals surface area contributed by atoms with Gasteiger partial charge in [-0.1, -0.05) is 42.5 Å². The number of nitrogens with one attached hydrogen (secondary N) is 1. The van der Waals surface area contributed by atoms with Crippen molar-refractivity contribution in [2.24, 2.45) is 5.10 Å². The highest BCUT2D eigenvalue weighted by Gasteiger charge is 2.30. The minimum atomic E-state index is -4.40. The second-order valence-corrected chi connectivity index (χ2v) is 4.58. The van der Waals surface area contributed by atoms with Crippen LogP contribution in [0.2, 0.25) is 0 Å². The zero-order valence-corrected chi connectivity index (χ0v) is 11.5. The van der Waals surface area contributed by atoms with E-state index >= 15 is 0 Å². The molecule has 2 aromatic carbocycles. The van der Waals surface area contributed by atoms with Crippen LogP contribution < -0.4 is 5.43 Å². The van der Waals surface area contributed by atoms with Crippen LogP contribution in [0, 0.1) is 0 Å². The third-order valence-corrected chi connectivity index (χ3v) is 2.82. The molecule has 114 valence electrons. The monoisotopic (exact) mass is 306 g/mol. The molecule has 2 rings (SSSR count). The van der Waals surface area contributed by atoms with Crippen molar-refractivity contribution < 1.29 is 18.0 Å². The number of halogens is 3. The summed E-state index contributed by atoms with van der Waals surface area (Å²) in [5.41, 5.74) is 2.62. The maximum atomic E-state index is 12.5. The maximum Gasteiger partial charge on any atom is 0.416 e. The molecule has 0 radical (unpaired) electrons. The number of amides is 1. The number of hydrogen-bond acceptors (Lipinski definition) is 2. The molecule has 1 amide bonds. The summed E-state index contributed by atoms with van der Waals surface area (Å²) < 4.78 is 37.6. The van der Waals surface area contributed by atoms with Crippen molar-refractivity contribution in [1.82, 2.24) is 5.43 Å². The van der Waals surface area contributed by atoms with Gasteiger partial charge in [0.05, 0.1) is 18.2 Å². The summed E-state index contributed by atoms with van der Waals surface area (Å²) in [5.74, 6) is -0.338. The summed E-state index contributed by atoms with van der Waals surface area (Å²) in [6, 6.07) is 13.8. The molecule has 0 unspecified atom stereocenters. The lowest BCUT2D eigenvalue weighted by Gasteiger charge is -2.06. The molecule has 0 saturated heterocycles. The zero-order chi connectivity index (χ0) is 16.0. The Morgan fingerprint density at radius 1 is 1.09 bits per heavy atom. The van der Waals surface area contributed by atoms with Crippen LogP contribution in [0.25, 0.3) is 0 Å². The summed E-state index contributed by atoms with van der Waals surface area (Å²) >= 11 is 0. The molecule has 0 atom stereocenters. The zero-order valence-electron chi connectivity index (χ0n) is 11.5. The molecule has 22 heavy (non-hydrogen) atoms. The van der Waals surface area contributed by atoms with Gasteiger partial charge in [-0.3, -0.25) is 4.79 Å². The number of nitrogens with zero attached hydrogens (tertiary/aromatic N) is 1. The third-order valence-electron chi connectivity index (χ3n) is 2.82. The predicted octanol–water partition coefficient (Wildman–Crippen LogP) is 3.40. The van der Waals surface area contributed by atoms with Crippen molar-refractivity contribution in [3.8, 4) is 0 Å². The van der Waals surface area contributed by atoms with Crippen LogP contribution in [0.1, 0.15) is 16.7 Å². The van der Waals surface area contributed by atoms with Crippen LogP contribution in [0.4, 0.5) is 13.2 Å². The highest BCUT2D eigenvalue weighted by molar-refractivity contribution is 5.83. The molecule has 2 aromatic rings. The van der Waals surface area contributed by atoms with Crippen molar-refractivity contribution in [2.75, 3.05) is 0 Å². The van der Waals surface area contributed by atoms with Gasteiger partial charge in [0, 0.05) is 0 Å². The Kier molecular flexibility index (Phi) is 4.93. The Morgan fingerprint density at radius 2 is 1.82 bits per heavy atom. The molecule has 6 heteroatoms. The van der Waals surface area contributed by atoms with Crippen LogP contribution in [0.3, 0.4) is 0 Å². The summed E-state index contributed by atoms with van der Waals surface area (Å²) in [5, 5.41) is 3.67. The fourth-order valence-electron chi connectivity index (χ4n) is 1.79. The Bertz CT molecular complexity index is 667. The van der Waals surface area contributed by atoms with E-state index in [1.54, 1.807) is 12.1 Å². The summed E-state index contributed by atoms with van der Waals surface area (Å²) in [4.78, 5) is 11.6. The number of alkyl halides is 3. The summed E-state index contributed by atoms with van der Waals surface area (Å²) in [7, 11) is 0. The number of benzene rings is 2. The molecule has 0 aliphatic carbocycles. The van der Waals surface area contributed by atoms with Gasteiger partial charge in [0.25, 0.3) is 0 Å². The SMILES string of the molecule is O=C(Cc1ccccc1)N/N=C/c1cccc(C(F)(F)F)c1. The van der Waals surface area contributed by atoms with E-state index < -0.39 is 11.7 Å². The smallest absolute Gasteiger partial charge is 0.273 e. The first-order chi connectivity index (χ1) is 10.4. The van der Waals surface area contributed by atoms with E-state index in [-0.39, 0.29) is 17.9 Å². The van der Waals surface area contributed by atoms with E-state index in [2.05, 4.69) is 10.5 Å². The highest BCUT2D eigenvalue weighted by atomic mass is 19.4. The molecule has 0 heterocycles. The lowest BCUT2D eigenvalue weighted by Crippen LogP contribution is -2.19. The van der Waals surface area contributed by atoms with Gasteiger partial charge in [-0.15, -0.1) is 0 Å². The number of hydrogen-bond donors (Lipinski definition) is 1. The van der Waals surface area contributed by atoms with Crippen LogP contribution in [-0.4, -0.2) is 12.1 Å². The minimum Gasteiger partial charge on any atom is -0.273 e. The number of hydrazone groups is 1. The third kappa shape index (κ3) is 4.73. The Balaban J connectivity index is 1.94. The van der Waals surface area contributed by atoms with Crippen LogP contribution in [0.5, 0.6) is 0 Å². The average molecular weight is 306 g/mol. The minimum absolute atomic E-state index is 0.154. The lowest BCUT2D eigenvalue weighted by molar-refractivity contribution is -0.137. The summed E-state index contributed by atoms with van der Waals surface area (Å²) in [6.45, 7) is 0. The van der Waals surface area contributed by atoms with Gasteiger partial charge >= 0.3 is 6.18 Å². The lowest BCUT2D eigenvalue weighted by atomic mass is 10.1. The molecule has 0 spiro atoms. The van der Waals surface area contributed by atoms with Gasteiger partial charge in [0.1, 0.15) is 0 Å². The number of carbonyl (C=O) groups is 1.